The lowest BCUT2D eigenvalue weighted by Crippen LogP contribution is -2.27. The Bertz CT molecular complexity index is 1210. The van der Waals surface area contributed by atoms with E-state index in [0.717, 1.165) is 27.1 Å². The first kappa shape index (κ1) is 20.6. The van der Waals surface area contributed by atoms with Crippen LogP contribution < -0.4 is 10.6 Å². The molecule has 152 valence electrons. The van der Waals surface area contributed by atoms with E-state index in [-0.39, 0.29) is 5.91 Å². The van der Waals surface area contributed by atoms with Crippen LogP contribution in [-0.2, 0) is 4.79 Å². The average molecular weight is 503 g/mol. The van der Waals surface area contributed by atoms with Crippen LogP contribution in [0.4, 0.5) is 5.82 Å². The summed E-state index contributed by atoms with van der Waals surface area (Å²) in [5, 5.41) is 15.1. The second-order valence-corrected chi connectivity index (χ2v) is 8.38. The molecule has 1 amide bonds. The third kappa shape index (κ3) is 4.72. The van der Waals surface area contributed by atoms with Gasteiger partial charge in [-0.3, -0.25) is 4.79 Å². The number of rotatable bonds is 7. The minimum Gasteiger partial charge on any atom is -0.368 e. The van der Waals surface area contributed by atoms with Crippen LogP contribution in [0.15, 0.2) is 63.9 Å². The summed E-state index contributed by atoms with van der Waals surface area (Å²) in [6.07, 6.45) is 5.02. The van der Waals surface area contributed by atoms with Gasteiger partial charge in [-0.2, -0.15) is 21.0 Å². The molecule has 3 aromatic heterocycles. The van der Waals surface area contributed by atoms with Gasteiger partial charge in [0.25, 0.3) is 0 Å². The van der Waals surface area contributed by atoms with E-state index in [1.807, 2.05) is 47.2 Å². The van der Waals surface area contributed by atoms with Gasteiger partial charge in [0.15, 0.2) is 5.65 Å². The van der Waals surface area contributed by atoms with Crippen LogP contribution in [0.25, 0.3) is 23.0 Å². The molecular formula is C21H17BrClN5OS. The number of hydrogen-bond acceptors (Lipinski definition) is 5. The number of halogens is 2. The maximum Gasteiger partial charge on any atom is 0.244 e. The highest BCUT2D eigenvalue weighted by Crippen LogP contribution is 2.30. The summed E-state index contributed by atoms with van der Waals surface area (Å²) < 4.78 is 2.49. The maximum absolute atomic E-state index is 12.0. The summed E-state index contributed by atoms with van der Waals surface area (Å²) in [5.74, 6) is 0.616. The molecule has 0 aliphatic rings. The number of amides is 1. The van der Waals surface area contributed by atoms with Crippen LogP contribution in [0.5, 0.6) is 0 Å². The van der Waals surface area contributed by atoms with Gasteiger partial charge in [-0.15, -0.1) is 0 Å². The van der Waals surface area contributed by atoms with Crippen molar-refractivity contribution in [1.82, 2.24) is 19.9 Å². The lowest BCUT2D eigenvalue weighted by atomic mass is 10.1. The van der Waals surface area contributed by atoms with Crippen molar-refractivity contribution in [1.29, 1.82) is 0 Å². The van der Waals surface area contributed by atoms with Crippen LogP contribution in [0.2, 0.25) is 5.02 Å². The predicted octanol–water partition coefficient (Wildman–Crippen LogP) is 5.12. The van der Waals surface area contributed by atoms with Crippen LogP contribution in [0.1, 0.15) is 5.56 Å². The van der Waals surface area contributed by atoms with E-state index in [9.17, 15) is 4.79 Å². The molecule has 4 aromatic rings. The van der Waals surface area contributed by atoms with Crippen molar-refractivity contribution in [3.05, 3.63) is 74.5 Å². The Balaban J connectivity index is 1.46. The van der Waals surface area contributed by atoms with Crippen LogP contribution in [0, 0.1) is 0 Å². The smallest absolute Gasteiger partial charge is 0.244 e. The minimum absolute atomic E-state index is 0.138. The van der Waals surface area contributed by atoms with Gasteiger partial charge in [0.2, 0.25) is 5.91 Å². The Morgan fingerprint density at radius 1 is 1.27 bits per heavy atom. The lowest BCUT2D eigenvalue weighted by Gasteiger charge is -2.12. The second-order valence-electron chi connectivity index (χ2n) is 6.34. The summed E-state index contributed by atoms with van der Waals surface area (Å²) >= 11 is 11.4. The third-order valence-corrected chi connectivity index (χ3v) is 5.87. The van der Waals surface area contributed by atoms with Crippen molar-refractivity contribution in [2.75, 3.05) is 18.4 Å². The summed E-state index contributed by atoms with van der Waals surface area (Å²) in [4.78, 5) is 16.7. The average Bonchev–Trinajstić information content (AvgIpc) is 3.40. The number of carbonyl (C=O) groups excluding carboxylic acids is 1. The maximum atomic E-state index is 12.0. The minimum atomic E-state index is -0.138. The van der Waals surface area contributed by atoms with Crippen molar-refractivity contribution < 1.29 is 4.79 Å². The van der Waals surface area contributed by atoms with Crippen LogP contribution in [0.3, 0.4) is 0 Å². The summed E-state index contributed by atoms with van der Waals surface area (Å²) in [5.41, 5.74) is 3.27. The van der Waals surface area contributed by atoms with Gasteiger partial charge < -0.3 is 10.6 Å². The van der Waals surface area contributed by atoms with Crippen molar-refractivity contribution in [3.63, 3.8) is 0 Å². The Kier molecular flexibility index (Phi) is 6.47. The largest absolute Gasteiger partial charge is 0.368 e. The molecule has 1 aromatic carbocycles. The number of anilines is 1. The molecule has 0 radical (unpaired) electrons. The Labute approximate surface area is 190 Å². The standard InChI is InChI=1S/C21H17BrClN5OS/c22-16-12-26-28-19(11-18(27-21(16)28)15-3-1-2-4-17(15)23)24-8-9-25-20(29)6-5-14-7-10-30-13-14/h1-7,10-13,24H,8-9H2,(H,25,29)/b6-5+. The number of fused-ring (bicyclic) bond motifs is 1. The number of benzene rings is 1. The summed E-state index contributed by atoms with van der Waals surface area (Å²) in [7, 11) is 0. The zero-order chi connectivity index (χ0) is 20.9. The van der Waals surface area contributed by atoms with E-state index in [0.29, 0.717) is 23.8 Å². The predicted molar refractivity (Wildman–Crippen MR) is 126 cm³/mol. The lowest BCUT2D eigenvalue weighted by molar-refractivity contribution is -0.116. The fourth-order valence-corrected chi connectivity index (χ4v) is 4.06. The molecule has 0 fully saturated rings. The molecule has 4 rings (SSSR count). The number of nitrogens with one attached hydrogen (secondary N) is 2. The molecule has 0 bridgehead atoms. The topological polar surface area (TPSA) is 71.3 Å². The second kappa shape index (κ2) is 9.42. The molecule has 9 heteroatoms. The first-order chi connectivity index (χ1) is 14.6. The Hall–Kier alpha value is -2.68. The molecule has 0 saturated heterocycles. The van der Waals surface area contributed by atoms with Gasteiger partial charge in [0.05, 0.1) is 16.4 Å². The van der Waals surface area contributed by atoms with E-state index in [1.54, 1.807) is 28.1 Å². The zero-order valence-corrected chi connectivity index (χ0v) is 18.8. The zero-order valence-electron chi connectivity index (χ0n) is 15.7. The molecule has 0 aliphatic heterocycles. The molecule has 2 N–H and O–H groups in total. The molecule has 0 atom stereocenters. The van der Waals surface area contributed by atoms with Crippen LogP contribution in [-0.4, -0.2) is 33.6 Å². The van der Waals surface area contributed by atoms with Gasteiger partial charge in [-0.05, 0) is 50.5 Å². The van der Waals surface area contributed by atoms with Crippen molar-refractivity contribution in [2.45, 2.75) is 0 Å². The molecular weight excluding hydrogens is 486 g/mol. The summed E-state index contributed by atoms with van der Waals surface area (Å²) in [6.45, 7) is 0.983. The molecule has 0 aliphatic carbocycles. The number of hydrogen-bond donors (Lipinski definition) is 2. The fourth-order valence-electron chi connectivity index (χ4n) is 2.85. The quantitative estimate of drug-likeness (QED) is 0.272. The Morgan fingerprint density at radius 2 is 2.13 bits per heavy atom. The van der Waals surface area contributed by atoms with Crippen LogP contribution >= 0.6 is 38.9 Å². The fraction of sp³-hybridized carbons (Fsp3) is 0.0952. The molecule has 0 spiro atoms. The Morgan fingerprint density at radius 3 is 2.93 bits per heavy atom. The van der Waals surface area contributed by atoms with E-state index >= 15 is 0 Å². The summed E-state index contributed by atoms with van der Waals surface area (Å²) in [6, 6.07) is 11.4. The molecule has 30 heavy (non-hydrogen) atoms. The first-order valence-corrected chi connectivity index (χ1v) is 11.2. The number of nitrogens with zero attached hydrogens (tertiary/aromatic N) is 3. The highest BCUT2D eigenvalue weighted by atomic mass is 79.9. The number of carbonyl (C=O) groups is 1. The highest BCUT2D eigenvalue weighted by molar-refractivity contribution is 9.10. The van der Waals surface area contributed by atoms with Crippen molar-refractivity contribution in [2.24, 2.45) is 0 Å². The van der Waals surface area contributed by atoms with E-state index in [1.165, 1.54) is 6.08 Å². The van der Waals surface area contributed by atoms with Gasteiger partial charge in [0.1, 0.15) is 5.82 Å². The van der Waals surface area contributed by atoms with E-state index in [4.69, 9.17) is 11.6 Å². The third-order valence-electron chi connectivity index (χ3n) is 4.28. The van der Waals surface area contributed by atoms with Gasteiger partial charge >= 0.3 is 0 Å². The van der Waals surface area contributed by atoms with E-state index < -0.39 is 0 Å². The van der Waals surface area contributed by atoms with Gasteiger partial charge in [-0.25, -0.2) is 4.98 Å². The monoisotopic (exact) mass is 501 g/mol. The molecule has 0 saturated carbocycles. The SMILES string of the molecule is O=C(/C=C/c1ccsc1)NCCNc1cc(-c2ccccc2Cl)nc2c(Br)cnn12. The normalized spacial score (nSPS) is 11.3. The molecule has 3 heterocycles. The first-order valence-electron chi connectivity index (χ1n) is 9.13. The highest BCUT2D eigenvalue weighted by Gasteiger charge is 2.13. The van der Waals surface area contributed by atoms with Gasteiger partial charge in [0, 0.05) is 35.8 Å². The van der Waals surface area contributed by atoms with Crippen molar-refractivity contribution in [3.8, 4) is 11.3 Å². The van der Waals surface area contributed by atoms with Crippen molar-refractivity contribution >= 4 is 62.3 Å². The number of thiophene rings is 1. The van der Waals surface area contributed by atoms with Gasteiger partial charge in [-0.1, -0.05) is 29.8 Å². The van der Waals surface area contributed by atoms with E-state index in [2.05, 4.69) is 36.6 Å². The molecule has 0 unspecified atom stereocenters. The number of aromatic nitrogens is 3. The molecule has 6 nitrogen and oxygen atoms in total.